The fourth-order valence-electron chi connectivity index (χ4n) is 2.43. The molecule has 1 aliphatic heterocycles. The molecular weight excluding hydrogens is 352 g/mol. The fourth-order valence-corrected chi connectivity index (χ4v) is 2.43. The van der Waals surface area contributed by atoms with Crippen molar-refractivity contribution in [2.24, 2.45) is 0 Å². The molecule has 0 spiro atoms. The second-order valence-corrected chi connectivity index (χ2v) is 6.12. The second kappa shape index (κ2) is 7.41. The average Bonchev–Trinajstić information content (AvgIpc) is 2.89. The molecule has 1 saturated heterocycles. The molecule has 0 N–H and O–H groups in total. The van der Waals surface area contributed by atoms with Gasteiger partial charge >= 0.3 is 23.9 Å². The number of carbonyl (C=O) groups is 4. The predicted octanol–water partition coefficient (Wildman–Crippen LogP) is 2.14. The second-order valence-electron chi connectivity index (χ2n) is 6.12. The van der Waals surface area contributed by atoms with Crippen molar-refractivity contribution < 1.29 is 33.4 Å². The highest BCUT2D eigenvalue weighted by atomic mass is 16.7. The standard InChI is InChI=1S/C20H16O7/c1-11-3-7-13(8-4-11)17(21)25-15-16(20(24)27-19(15)23)26-18(22)14-9-5-12(2)6-10-14/h3-10,15-16H,1-2H3/t15-,16+. The van der Waals surface area contributed by atoms with Crippen LogP contribution in [0, 0.1) is 13.8 Å². The van der Waals surface area contributed by atoms with Crippen LogP contribution in [0.4, 0.5) is 0 Å². The van der Waals surface area contributed by atoms with Crippen LogP contribution in [0.1, 0.15) is 31.8 Å². The number of cyclic esters (lactones) is 2. The van der Waals surface area contributed by atoms with E-state index < -0.39 is 36.1 Å². The van der Waals surface area contributed by atoms with Crippen LogP contribution in [0.2, 0.25) is 0 Å². The topological polar surface area (TPSA) is 96.0 Å². The van der Waals surface area contributed by atoms with E-state index in [0.717, 1.165) is 11.1 Å². The number of ether oxygens (including phenoxy) is 3. The van der Waals surface area contributed by atoms with Crippen molar-refractivity contribution in [3.8, 4) is 0 Å². The molecule has 0 saturated carbocycles. The molecule has 3 rings (SSSR count). The molecule has 138 valence electrons. The summed E-state index contributed by atoms with van der Waals surface area (Å²) < 4.78 is 14.6. The Labute approximate surface area is 154 Å². The Morgan fingerprint density at radius 1 is 0.704 bits per heavy atom. The predicted molar refractivity (Wildman–Crippen MR) is 91.9 cm³/mol. The molecule has 2 aromatic carbocycles. The van der Waals surface area contributed by atoms with Gasteiger partial charge in [0.15, 0.2) is 0 Å². The van der Waals surface area contributed by atoms with Crippen molar-refractivity contribution in [2.45, 2.75) is 26.1 Å². The fraction of sp³-hybridized carbons (Fsp3) is 0.200. The van der Waals surface area contributed by atoms with E-state index in [1.165, 1.54) is 24.3 Å². The van der Waals surface area contributed by atoms with E-state index in [4.69, 9.17) is 9.47 Å². The molecule has 0 unspecified atom stereocenters. The summed E-state index contributed by atoms with van der Waals surface area (Å²) in [4.78, 5) is 48.2. The summed E-state index contributed by atoms with van der Waals surface area (Å²) in [5, 5.41) is 0. The molecule has 0 aromatic heterocycles. The van der Waals surface area contributed by atoms with Crippen LogP contribution in [0.25, 0.3) is 0 Å². The molecule has 0 aliphatic carbocycles. The largest absolute Gasteiger partial charge is 0.442 e. The molecule has 1 fully saturated rings. The first-order valence-electron chi connectivity index (χ1n) is 8.16. The lowest BCUT2D eigenvalue weighted by Crippen LogP contribution is -2.37. The zero-order chi connectivity index (χ0) is 19.6. The molecule has 0 radical (unpaired) electrons. The van der Waals surface area contributed by atoms with Crippen LogP contribution in [-0.4, -0.2) is 36.1 Å². The Morgan fingerprint density at radius 2 is 1.04 bits per heavy atom. The average molecular weight is 368 g/mol. The highest BCUT2D eigenvalue weighted by Gasteiger charge is 2.50. The van der Waals surface area contributed by atoms with Gasteiger partial charge in [-0.2, -0.15) is 0 Å². The minimum absolute atomic E-state index is 0.191. The van der Waals surface area contributed by atoms with Crippen LogP contribution in [0.15, 0.2) is 48.5 Å². The smallest absolute Gasteiger partial charge is 0.359 e. The number of carbonyl (C=O) groups excluding carboxylic acids is 4. The Balaban J connectivity index is 1.74. The Bertz CT molecular complexity index is 821. The molecule has 7 heteroatoms. The number of hydrogen-bond donors (Lipinski definition) is 0. The highest BCUT2D eigenvalue weighted by molar-refractivity contribution is 6.03. The van der Waals surface area contributed by atoms with Crippen LogP contribution < -0.4 is 0 Å². The number of hydrogen-bond acceptors (Lipinski definition) is 7. The summed E-state index contributed by atoms with van der Waals surface area (Å²) in [5.41, 5.74) is 2.26. The lowest BCUT2D eigenvalue weighted by molar-refractivity contribution is -0.155. The van der Waals surface area contributed by atoms with E-state index in [1.807, 2.05) is 13.8 Å². The van der Waals surface area contributed by atoms with Gasteiger partial charge in [-0.05, 0) is 38.1 Å². The third kappa shape index (κ3) is 4.03. The third-order valence-electron chi connectivity index (χ3n) is 3.98. The maximum Gasteiger partial charge on any atom is 0.359 e. The van der Waals surface area contributed by atoms with Crippen molar-refractivity contribution in [1.29, 1.82) is 0 Å². The summed E-state index contributed by atoms with van der Waals surface area (Å²) in [7, 11) is 0. The first-order chi connectivity index (χ1) is 12.8. The van der Waals surface area contributed by atoms with E-state index in [9.17, 15) is 19.2 Å². The van der Waals surface area contributed by atoms with Crippen LogP contribution in [0.5, 0.6) is 0 Å². The molecule has 1 heterocycles. The van der Waals surface area contributed by atoms with Gasteiger partial charge in [0, 0.05) is 0 Å². The zero-order valence-electron chi connectivity index (χ0n) is 14.6. The number of benzene rings is 2. The Morgan fingerprint density at radius 3 is 1.37 bits per heavy atom. The van der Waals surface area contributed by atoms with E-state index in [-0.39, 0.29) is 11.1 Å². The first-order valence-corrected chi connectivity index (χ1v) is 8.16. The quantitative estimate of drug-likeness (QED) is 0.463. The maximum absolute atomic E-state index is 12.2. The van der Waals surface area contributed by atoms with Crippen molar-refractivity contribution >= 4 is 23.9 Å². The number of rotatable bonds is 4. The van der Waals surface area contributed by atoms with Gasteiger partial charge in [0.25, 0.3) is 0 Å². The van der Waals surface area contributed by atoms with Crippen LogP contribution >= 0.6 is 0 Å². The molecular formula is C20H16O7. The Kier molecular flexibility index (Phi) is 5.03. The monoisotopic (exact) mass is 368 g/mol. The number of aryl methyl sites for hydroxylation is 2. The molecule has 1 aliphatic rings. The van der Waals surface area contributed by atoms with Crippen molar-refractivity contribution in [1.82, 2.24) is 0 Å². The van der Waals surface area contributed by atoms with Gasteiger partial charge in [0.1, 0.15) is 0 Å². The van der Waals surface area contributed by atoms with E-state index in [1.54, 1.807) is 24.3 Å². The van der Waals surface area contributed by atoms with Crippen LogP contribution in [-0.2, 0) is 23.8 Å². The Hall–Kier alpha value is -3.48. The van der Waals surface area contributed by atoms with Gasteiger partial charge in [-0.3, -0.25) is 0 Å². The molecule has 0 bridgehead atoms. The lowest BCUT2D eigenvalue weighted by atomic mass is 10.1. The van der Waals surface area contributed by atoms with Crippen molar-refractivity contribution in [3.63, 3.8) is 0 Å². The minimum Gasteiger partial charge on any atom is -0.442 e. The number of esters is 4. The van der Waals surface area contributed by atoms with E-state index >= 15 is 0 Å². The van der Waals surface area contributed by atoms with Gasteiger partial charge in [-0.15, -0.1) is 0 Å². The molecule has 2 aromatic rings. The highest BCUT2D eigenvalue weighted by Crippen LogP contribution is 2.20. The third-order valence-corrected chi connectivity index (χ3v) is 3.98. The van der Waals surface area contributed by atoms with Gasteiger partial charge < -0.3 is 14.2 Å². The van der Waals surface area contributed by atoms with Gasteiger partial charge in [-0.25, -0.2) is 19.2 Å². The maximum atomic E-state index is 12.2. The first kappa shape index (κ1) is 18.3. The summed E-state index contributed by atoms with van der Waals surface area (Å²) in [5.74, 6) is -3.82. The molecule has 2 atom stereocenters. The van der Waals surface area contributed by atoms with E-state index in [0.29, 0.717) is 0 Å². The SMILES string of the molecule is Cc1ccc(C(=O)O[C@@H]2C(=O)OC(=O)[C@@H]2OC(=O)c2ccc(C)cc2)cc1. The zero-order valence-corrected chi connectivity index (χ0v) is 14.6. The molecule has 7 nitrogen and oxygen atoms in total. The summed E-state index contributed by atoms with van der Waals surface area (Å²) in [6, 6.07) is 12.9. The molecule has 27 heavy (non-hydrogen) atoms. The van der Waals surface area contributed by atoms with Gasteiger partial charge in [0.2, 0.25) is 12.2 Å². The van der Waals surface area contributed by atoms with E-state index in [2.05, 4.69) is 4.74 Å². The van der Waals surface area contributed by atoms with Crippen LogP contribution in [0.3, 0.4) is 0 Å². The summed E-state index contributed by atoms with van der Waals surface area (Å²) >= 11 is 0. The summed E-state index contributed by atoms with van der Waals surface area (Å²) in [6.07, 6.45) is -3.30. The summed E-state index contributed by atoms with van der Waals surface area (Å²) in [6.45, 7) is 3.70. The van der Waals surface area contributed by atoms with Gasteiger partial charge in [-0.1, -0.05) is 35.4 Å². The van der Waals surface area contributed by atoms with Crippen molar-refractivity contribution in [3.05, 3.63) is 70.8 Å². The minimum atomic E-state index is -1.65. The van der Waals surface area contributed by atoms with Gasteiger partial charge in [0.05, 0.1) is 11.1 Å². The molecule has 0 amide bonds. The normalized spacial score (nSPS) is 18.7. The van der Waals surface area contributed by atoms with Crippen molar-refractivity contribution in [2.75, 3.05) is 0 Å². The lowest BCUT2D eigenvalue weighted by Gasteiger charge is -2.15.